The average Bonchev–Trinajstić information content (AvgIpc) is 3.38. The summed E-state index contributed by atoms with van der Waals surface area (Å²) >= 11 is 1.48. The van der Waals surface area contributed by atoms with Gasteiger partial charge in [-0.2, -0.15) is 4.98 Å². The van der Waals surface area contributed by atoms with E-state index in [-0.39, 0.29) is 11.9 Å². The van der Waals surface area contributed by atoms with Crippen LogP contribution in [-0.4, -0.2) is 27.0 Å². The second-order valence-corrected chi connectivity index (χ2v) is 8.03. The highest BCUT2D eigenvalue weighted by Crippen LogP contribution is 2.27. The van der Waals surface area contributed by atoms with E-state index in [0.29, 0.717) is 18.3 Å². The van der Waals surface area contributed by atoms with E-state index in [9.17, 15) is 4.79 Å². The molecule has 5 nitrogen and oxygen atoms in total. The van der Waals surface area contributed by atoms with Crippen LogP contribution in [0.3, 0.4) is 0 Å². The van der Waals surface area contributed by atoms with Crippen molar-refractivity contribution in [3.05, 3.63) is 58.1 Å². The summed E-state index contributed by atoms with van der Waals surface area (Å²) in [6, 6.07) is 12.1. The Morgan fingerprint density at radius 3 is 2.81 bits per heavy atom. The van der Waals surface area contributed by atoms with Crippen molar-refractivity contribution >= 4 is 17.2 Å². The maximum Gasteiger partial charge on any atom is 0.264 e. The molecule has 140 valence electrons. The third kappa shape index (κ3) is 4.11. The Kier molecular flexibility index (Phi) is 5.34. The fourth-order valence-electron chi connectivity index (χ4n) is 3.67. The van der Waals surface area contributed by atoms with Crippen molar-refractivity contribution in [3.63, 3.8) is 0 Å². The molecular weight excluding hydrogens is 358 g/mol. The molecule has 3 aromatic rings. The number of aryl methyl sites for hydroxylation is 1. The Morgan fingerprint density at radius 1 is 1.22 bits per heavy atom. The predicted molar refractivity (Wildman–Crippen MR) is 106 cm³/mol. The van der Waals surface area contributed by atoms with Gasteiger partial charge in [0.15, 0.2) is 0 Å². The lowest BCUT2D eigenvalue weighted by Gasteiger charge is -2.33. The van der Waals surface area contributed by atoms with E-state index >= 15 is 0 Å². The summed E-state index contributed by atoms with van der Waals surface area (Å²) in [6.07, 6.45) is 5.65. The van der Waals surface area contributed by atoms with E-state index < -0.39 is 0 Å². The highest BCUT2D eigenvalue weighted by Gasteiger charge is 2.28. The van der Waals surface area contributed by atoms with Gasteiger partial charge in [-0.1, -0.05) is 54.2 Å². The maximum atomic E-state index is 13.1. The zero-order valence-electron chi connectivity index (χ0n) is 15.4. The van der Waals surface area contributed by atoms with Crippen LogP contribution >= 0.6 is 11.3 Å². The summed E-state index contributed by atoms with van der Waals surface area (Å²) in [6.45, 7) is 2.40. The van der Waals surface area contributed by atoms with Gasteiger partial charge in [-0.15, -0.1) is 11.3 Å². The van der Waals surface area contributed by atoms with Crippen LogP contribution < -0.4 is 0 Å². The molecule has 1 aliphatic rings. The molecule has 4 rings (SSSR count). The van der Waals surface area contributed by atoms with Gasteiger partial charge in [0.25, 0.3) is 5.91 Å². The summed E-state index contributed by atoms with van der Waals surface area (Å²) in [4.78, 5) is 20.3. The van der Waals surface area contributed by atoms with E-state index in [1.165, 1.54) is 17.8 Å². The molecule has 1 saturated carbocycles. The van der Waals surface area contributed by atoms with Crippen LogP contribution in [0.5, 0.6) is 0 Å². The molecule has 0 atom stereocenters. The van der Waals surface area contributed by atoms with E-state index in [4.69, 9.17) is 4.52 Å². The Morgan fingerprint density at radius 2 is 2.07 bits per heavy atom. The molecule has 27 heavy (non-hydrogen) atoms. The number of hydrogen-bond acceptors (Lipinski definition) is 5. The summed E-state index contributed by atoms with van der Waals surface area (Å²) in [7, 11) is 0. The molecule has 0 spiro atoms. The molecule has 6 heteroatoms. The first kappa shape index (κ1) is 17.9. The molecule has 0 saturated heterocycles. The predicted octanol–water partition coefficient (Wildman–Crippen LogP) is 5.08. The van der Waals surface area contributed by atoms with Crippen molar-refractivity contribution in [1.29, 1.82) is 0 Å². The second kappa shape index (κ2) is 8.05. The minimum Gasteiger partial charge on any atom is -0.337 e. The number of aromatic nitrogens is 2. The quantitative estimate of drug-likeness (QED) is 0.618. The number of benzene rings is 1. The lowest BCUT2D eigenvalue weighted by molar-refractivity contribution is 0.0591. The Hall–Kier alpha value is -2.47. The minimum absolute atomic E-state index is 0.0622. The van der Waals surface area contributed by atoms with Crippen LogP contribution in [0.4, 0.5) is 0 Å². The lowest BCUT2D eigenvalue weighted by Crippen LogP contribution is -2.40. The van der Waals surface area contributed by atoms with Crippen LogP contribution in [0, 0.1) is 6.92 Å². The number of thiophene rings is 1. The fraction of sp³-hybridized carbons (Fsp3) is 0.381. The molecule has 2 heterocycles. The Bertz CT molecular complexity index is 898. The van der Waals surface area contributed by atoms with Gasteiger partial charge in [0.1, 0.15) is 6.54 Å². The van der Waals surface area contributed by atoms with Crippen molar-refractivity contribution in [2.45, 2.75) is 51.6 Å². The van der Waals surface area contributed by atoms with Gasteiger partial charge in [-0.3, -0.25) is 4.79 Å². The van der Waals surface area contributed by atoms with Gasteiger partial charge in [-0.25, -0.2) is 0 Å². The second-order valence-electron chi connectivity index (χ2n) is 7.08. The van der Waals surface area contributed by atoms with Gasteiger partial charge >= 0.3 is 0 Å². The number of carbonyl (C=O) groups is 1. The molecule has 0 radical (unpaired) electrons. The van der Waals surface area contributed by atoms with Crippen LogP contribution in [0.1, 0.15) is 53.2 Å². The number of carbonyl (C=O) groups excluding carboxylic acids is 1. The van der Waals surface area contributed by atoms with Gasteiger partial charge < -0.3 is 9.42 Å². The van der Waals surface area contributed by atoms with Crippen LogP contribution in [0.2, 0.25) is 0 Å². The van der Waals surface area contributed by atoms with Crippen molar-refractivity contribution < 1.29 is 9.32 Å². The van der Waals surface area contributed by atoms with E-state index in [1.54, 1.807) is 0 Å². The largest absolute Gasteiger partial charge is 0.337 e. The Balaban J connectivity index is 1.57. The zero-order valence-corrected chi connectivity index (χ0v) is 16.2. The molecular formula is C21H23N3O2S. The molecule has 0 aliphatic heterocycles. The molecule has 1 aliphatic carbocycles. The first-order valence-corrected chi connectivity index (χ1v) is 10.3. The zero-order chi connectivity index (χ0) is 18.6. The number of amides is 1. The first-order chi connectivity index (χ1) is 13.2. The summed E-state index contributed by atoms with van der Waals surface area (Å²) < 4.78 is 5.50. The number of rotatable bonds is 5. The molecule has 1 fully saturated rings. The molecule has 0 N–H and O–H groups in total. The highest BCUT2D eigenvalue weighted by molar-refractivity contribution is 7.12. The molecule has 1 amide bonds. The molecule has 1 aromatic carbocycles. The molecule has 0 unspecified atom stereocenters. The summed E-state index contributed by atoms with van der Waals surface area (Å²) in [5.41, 5.74) is 2.08. The third-order valence-electron chi connectivity index (χ3n) is 5.06. The number of hydrogen-bond donors (Lipinski definition) is 0. The van der Waals surface area contributed by atoms with Gasteiger partial charge in [0.2, 0.25) is 11.7 Å². The van der Waals surface area contributed by atoms with Gasteiger partial charge in [0, 0.05) is 11.6 Å². The monoisotopic (exact) mass is 381 g/mol. The van der Waals surface area contributed by atoms with Crippen molar-refractivity contribution in [2.75, 3.05) is 0 Å². The van der Waals surface area contributed by atoms with Crippen molar-refractivity contribution in [1.82, 2.24) is 15.0 Å². The smallest absolute Gasteiger partial charge is 0.264 e. The molecule has 0 bridgehead atoms. The van der Waals surface area contributed by atoms with E-state index in [2.05, 4.69) is 10.1 Å². The van der Waals surface area contributed by atoms with Crippen LogP contribution in [0.25, 0.3) is 11.4 Å². The SMILES string of the molecule is Cc1cccc(-c2noc(CN(C(=O)c3cccs3)C3CCCCC3)n2)c1. The van der Waals surface area contributed by atoms with Gasteiger partial charge in [0.05, 0.1) is 4.88 Å². The third-order valence-corrected chi connectivity index (χ3v) is 5.92. The lowest BCUT2D eigenvalue weighted by atomic mass is 9.94. The van der Waals surface area contributed by atoms with Gasteiger partial charge in [-0.05, 0) is 37.3 Å². The highest BCUT2D eigenvalue weighted by atomic mass is 32.1. The summed E-state index contributed by atoms with van der Waals surface area (Å²) in [5, 5.41) is 6.07. The Labute approximate surface area is 163 Å². The normalized spacial score (nSPS) is 15.0. The fourth-order valence-corrected chi connectivity index (χ4v) is 4.35. The average molecular weight is 382 g/mol. The van der Waals surface area contributed by atoms with Crippen molar-refractivity contribution in [2.24, 2.45) is 0 Å². The first-order valence-electron chi connectivity index (χ1n) is 9.45. The molecule has 2 aromatic heterocycles. The van der Waals surface area contributed by atoms with Crippen LogP contribution in [0.15, 0.2) is 46.3 Å². The minimum atomic E-state index is 0.0622. The van der Waals surface area contributed by atoms with E-state index in [1.807, 2.05) is 53.6 Å². The van der Waals surface area contributed by atoms with E-state index in [0.717, 1.165) is 41.7 Å². The standard InChI is InChI=1S/C21H23N3O2S/c1-15-7-5-8-16(13-15)20-22-19(26-23-20)14-24(17-9-3-2-4-10-17)21(25)18-11-6-12-27-18/h5-8,11-13,17H,2-4,9-10,14H2,1H3. The maximum absolute atomic E-state index is 13.1. The van der Waals surface area contributed by atoms with Crippen molar-refractivity contribution in [3.8, 4) is 11.4 Å². The topological polar surface area (TPSA) is 59.2 Å². The van der Waals surface area contributed by atoms with Crippen LogP contribution in [-0.2, 0) is 6.54 Å². The summed E-state index contributed by atoms with van der Waals surface area (Å²) in [5.74, 6) is 1.12. The number of nitrogens with zero attached hydrogens (tertiary/aromatic N) is 3.